The molecule has 0 aliphatic heterocycles. The minimum Gasteiger partial charge on any atom is -0.312 e. The summed E-state index contributed by atoms with van der Waals surface area (Å²) in [5, 5.41) is 5.15. The van der Waals surface area contributed by atoms with Gasteiger partial charge in [0, 0.05) is 25.0 Å². The maximum absolute atomic E-state index is 12.8. The lowest BCUT2D eigenvalue weighted by Gasteiger charge is -2.18. The molecule has 0 bridgehead atoms. The molecule has 0 radical (unpaired) electrons. The Morgan fingerprint density at radius 1 is 1.50 bits per heavy atom. The summed E-state index contributed by atoms with van der Waals surface area (Å²) in [5.74, 6) is 1.20. The Balaban J connectivity index is 2.21. The van der Waals surface area contributed by atoms with E-state index in [1.807, 2.05) is 19.2 Å². The van der Waals surface area contributed by atoms with Crippen LogP contribution in [0.4, 0.5) is 0 Å². The number of sulfonamides is 1. The van der Waals surface area contributed by atoms with Crippen LogP contribution in [0.15, 0.2) is 10.3 Å². The second-order valence-corrected chi connectivity index (χ2v) is 8.66. The second kappa shape index (κ2) is 6.13. The van der Waals surface area contributed by atoms with Gasteiger partial charge in [-0.1, -0.05) is 13.8 Å². The van der Waals surface area contributed by atoms with E-state index in [0.717, 1.165) is 23.4 Å². The molecule has 0 amide bonds. The van der Waals surface area contributed by atoms with Crippen molar-refractivity contribution < 1.29 is 8.42 Å². The van der Waals surface area contributed by atoms with Gasteiger partial charge in [-0.15, -0.1) is 11.3 Å². The molecule has 1 fully saturated rings. The number of aryl methyl sites for hydroxylation is 1. The third kappa shape index (κ3) is 3.24. The molecule has 20 heavy (non-hydrogen) atoms. The first-order valence-electron chi connectivity index (χ1n) is 7.12. The van der Waals surface area contributed by atoms with E-state index in [2.05, 4.69) is 12.2 Å². The smallest absolute Gasteiger partial charge is 0.244 e. The van der Waals surface area contributed by atoms with Crippen LogP contribution in [0.5, 0.6) is 0 Å². The predicted molar refractivity (Wildman–Crippen MR) is 83.5 cm³/mol. The molecule has 2 rings (SSSR count). The van der Waals surface area contributed by atoms with Crippen LogP contribution in [0.2, 0.25) is 0 Å². The van der Waals surface area contributed by atoms with Crippen molar-refractivity contribution in [2.45, 2.75) is 38.6 Å². The fourth-order valence-corrected chi connectivity index (χ4v) is 5.38. The Labute approximate surface area is 126 Å². The number of hydrogen-bond acceptors (Lipinski definition) is 4. The number of hydrogen-bond donors (Lipinski definition) is 1. The molecule has 1 aliphatic rings. The zero-order valence-corrected chi connectivity index (χ0v) is 14.3. The van der Waals surface area contributed by atoms with Gasteiger partial charge in [0.05, 0.1) is 0 Å². The SMILES string of the molecule is CCNCc1scc(C)c1S(=O)(=O)N(C)CC1CC1C. The van der Waals surface area contributed by atoms with Crippen molar-refractivity contribution in [2.75, 3.05) is 20.1 Å². The monoisotopic (exact) mass is 316 g/mol. The zero-order valence-electron chi connectivity index (χ0n) is 12.6. The van der Waals surface area contributed by atoms with Gasteiger partial charge in [0.15, 0.2) is 0 Å². The van der Waals surface area contributed by atoms with Gasteiger partial charge in [0.1, 0.15) is 4.90 Å². The maximum Gasteiger partial charge on any atom is 0.244 e. The molecule has 2 unspecified atom stereocenters. The lowest BCUT2D eigenvalue weighted by atomic mass is 10.3. The summed E-state index contributed by atoms with van der Waals surface area (Å²) in [7, 11) is -1.66. The van der Waals surface area contributed by atoms with Crippen molar-refractivity contribution in [2.24, 2.45) is 11.8 Å². The third-order valence-electron chi connectivity index (χ3n) is 3.96. The molecule has 0 saturated heterocycles. The first-order chi connectivity index (χ1) is 9.37. The number of nitrogens with one attached hydrogen (secondary N) is 1. The Morgan fingerprint density at radius 2 is 2.15 bits per heavy atom. The molecule has 2 atom stereocenters. The zero-order chi connectivity index (χ0) is 14.9. The fraction of sp³-hybridized carbons (Fsp3) is 0.714. The van der Waals surface area contributed by atoms with Crippen LogP contribution in [0.1, 0.15) is 30.7 Å². The second-order valence-electron chi connectivity index (χ2n) is 5.71. The van der Waals surface area contributed by atoms with Crippen LogP contribution in [-0.2, 0) is 16.6 Å². The van der Waals surface area contributed by atoms with Gasteiger partial charge in [-0.05, 0) is 42.7 Å². The molecule has 1 N–H and O–H groups in total. The normalized spacial score (nSPS) is 22.4. The first-order valence-corrected chi connectivity index (χ1v) is 9.43. The molecule has 0 aromatic carbocycles. The van der Waals surface area contributed by atoms with E-state index in [9.17, 15) is 8.42 Å². The van der Waals surface area contributed by atoms with E-state index in [1.54, 1.807) is 7.05 Å². The largest absolute Gasteiger partial charge is 0.312 e. The van der Waals surface area contributed by atoms with Gasteiger partial charge in [-0.25, -0.2) is 12.7 Å². The average molecular weight is 316 g/mol. The standard InChI is InChI=1S/C14H24N2O2S2/c1-5-15-7-13-14(11(3)9-19-13)20(17,18)16(4)8-12-6-10(12)2/h9-10,12,15H,5-8H2,1-4H3. The molecule has 114 valence electrons. The van der Waals surface area contributed by atoms with E-state index in [1.165, 1.54) is 15.6 Å². The Bertz CT molecular complexity index is 566. The van der Waals surface area contributed by atoms with Gasteiger partial charge in [-0.2, -0.15) is 0 Å². The van der Waals surface area contributed by atoms with Crippen molar-refractivity contribution in [1.29, 1.82) is 0 Å². The molecule has 4 nitrogen and oxygen atoms in total. The summed E-state index contributed by atoms with van der Waals surface area (Å²) in [6.07, 6.45) is 1.15. The van der Waals surface area contributed by atoms with Crippen LogP contribution in [0.3, 0.4) is 0 Å². The van der Waals surface area contributed by atoms with E-state index in [4.69, 9.17) is 0 Å². The summed E-state index contributed by atoms with van der Waals surface area (Å²) in [6, 6.07) is 0. The van der Waals surface area contributed by atoms with Crippen LogP contribution in [0, 0.1) is 18.8 Å². The minimum absolute atomic E-state index is 0.513. The van der Waals surface area contributed by atoms with Crippen molar-refractivity contribution in [3.63, 3.8) is 0 Å². The lowest BCUT2D eigenvalue weighted by molar-refractivity contribution is 0.444. The van der Waals surface area contributed by atoms with Crippen molar-refractivity contribution in [3.05, 3.63) is 15.8 Å². The van der Waals surface area contributed by atoms with E-state index >= 15 is 0 Å². The van der Waals surface area contributed by atoms with Crippen molar-refractivity contribution in [1.82, 2.24) is 9.62 Å². The minimum atomic E-state index is -3.36. The fourth-order valence-electron chi connectivity index (χ4n) is 2.43. The Hall–Kier alpha value is -0.430. The molecule has 1 aromatic heterocycles. The van der Waals surface area contributed by atoms with Gasteiger partial charge < -0.3 is 5.32 Å². The van der Waals surface area contributed by atoms with Crippen LogP contribution in [0.25, 0.3) is 0 Å². The van der Waals surface area contributed by atoms with Gasteiger partial charge >= 0.3 is 0 Å². The highest BCUT2D eigenvalue weighted by molar-refractivity contribution is 7.89. The predicted octanol–water partition coefficient (Wildman–Crippen LogP) is 2.44. The summed E-state index contributed by atoms with van der Waals surface area (Å²) >= 11 is 1.53. The van der Waals surface area contributed by atoms with E-state index in [0.29, 0.717) is 29.8 Å². The van der Waals surface area contributed by atoms with Crippen molar-refractivity contribution >= 4 is 21.4 Å². The highest BCUT2D eigenvalue weighted by atomic mass is 32.2. The average Bonchev–Trinajstić information content (AvgIpc) is 2.93. The highest BCUT2D eigenvalue weighted by Gasteiger charge is 2.37. The highest BCUT2D eigenvalue weighted by Crippen LogP contribution is 2.39. The van der Waals surface area contributed by atoms with Crippen LogP contribution < -0.4 is 5.32 Å². The Morgan fingerprint density at radius 3 is 2.70 bits per heavy atom. The number of thiophene rings is 1. The first kappa shape index (κ1) is 15.9. The number of rotatable bonds is 7. The topological polar surface area (TPSA) is 49.4 Å². The van der Waals surface area contributed by atoms with Gasteiger partial charge in [-0.3, -0.25) is 0 Å². The lowest BCUT2D eigenvalue weighted by Crippen LogP contribution is -2.30. The quantitative estimate of drug-likeness (QED) is 0.840. The molecule has 0 spiro atoms. The summed E-state index contributed by atoms with van der Waals surface area (Å²) in [5.41, 5.74) is 0.860. The van der Waals surface area contributed by atoms with Gasteiger partial charge in [0.25, 0.3) is 0 Å². The summed E-state index contributed by atoms with van der Waals surface area (Å²) in [4.78, 5) is 1.43. The number of nitrogens with zero attached hydrogens (tertiary/aromatic N) is 1. The van der Waals surface area contributed by atoms with Crippen molar-refractivity contribution in [3.8, 4) is 0 Å². The molecule has 1 heterocycles. The van der Waals surface area contributed by atoms with Crippen LogP contribution >= 0.6 is 11.3 Å². The van der Waals surface area contributed by atoms with Gasteiger partial charge in [0.2, 0.25) is 10.0 Å². The molecule has 6 heteroatoms. The summed E-state index contributed by atoms with van der Waals surface area (Å²) < 4.78 is 27.1. The summed E-state index contributed by atoms with van der Waals surface area (Å²) in [6.45, 7) is 8.18. The van der Waals surface area contributed by atoms with E-state index in [-0.39, 0.29) is 0 Å². The molecule has 1 aromatic rings. The Kier molecular flexibility index (Phi) is 4.89. The molecular formula is C14H24N2O2S2. The molecule has 1 aliphatic carbocycles. The van der Waals surface area contributed by atoms with E-state index < -0.39 is 10.0 Å². The third-order valence-corrected chi connectivity index (χ3v) is 7.25. The maximum atomic E-state index is 12.8. The molecule has 1 saturated carbocycles. The van der Waals surface area contributed by atoms with Crippen LogP contribution in [-0.4, -0.2) is 32.9 Å². The molecular weight excluding hydrogens is 292 g/mol.